The molecule has 5 heteroatoms. The van der Waals surface area contributed by atoms with Crippen LogP contribution in [0.5, 0.6) is 0 Å². The number of hydrogen-bond acceptors (Lipinski definition) is 2. The van der Waals surface area contributed by atoms with Gasteiger partial charge in [0.1, 0.15) is 11.5 Å². The summed E-state index contributed by atoms with van der Waals surface area (Å²) in [4.78, 5) is 16.0. The molecular formula is C14H18BrFN2O. The lowest BCUT2D eigenvalue weighted by Crippen LogP contribution is -2.52. The van der Waals surface area contributed by atoms with E-state index in [1.807, 2.05) is 0 Å². The van der Waals surface area contributed by atoms with Crippen LogP contribution in [0.15, 0.2) is 18.3 Å². The fourth-order valence-electron chi connectivity index (χ4n) is 2.42. The molecule has 0 bridgehead atoms. The monoisotopic (exact) mass is 328 g/mol. The van der Waals surface area contributed by atoms with Crippen LogP contribution in [0.1, 0.15) is 43.1 Å². The molecule has 0 spiro atoms. The molecular weight excluding hydrogens is 311 g/mol. The van der Waals surface area contributed by atoms with Crippen LogP contribution in [0.2, 0.25) is 0 Å². The average Bonchev–Trinajstić information content (AvgIpc) is 2.42. The zero-order chi connectivity index (χ0) is 13.9. The molecule has 1 fully saturated rings. The highest BCUT2D eigenvalue weighted by molar-refractivity contribution is 9.09. The Morgan fingerprint density at radius 1 is 1.53 bits per heavy atom. The van der Waals surface area contributed by atoms with Crippen molar-refractivity contribution in [3.8, 4) is 0 Å². The van der Waals surface area contributed by atoms with Gasteiger partial charge in [0.05, 0.1) is 11.7 Å². The first kappa shape index (κ1) is 14.4. The second-order valence-corrected chi connectivity index (χ2v) is 5.97. The highest BCUT2D eigenvalue weighted by Gasteiger charge is 2.35. The highest BCUT2D eigenvalue weighted by atomic mass is 79.9. The third-order valence-corrected chi connectivity index (χ3v) is 4.90. The number of halogens is 2. The summed E-state index contributed by atoms with van der Waals surface area (Å²) in [6, 6.07) is 2.67. The van der Waals surface area contributed by atoms with Crippen molar-refractivity contribution in [3.63, 3.8) is 0 Å². The molecule has 1 saturated carbocycles. The minimum absolute atomic E-state index is 0.195. The molecule has 0 aromatic carbocycles. The molecule has 0 atom stereocenters. The van der Waals surface area contributed by atoms with E-state index in [1.165, 1.54) is 12.1 Å². The maximum atomic E-state index is 12.8. The molecule has 1 N–H and O–H groups in total. The van der Waals surface area contributed by atoms with Crippen molar-refractivity contribution < 1.29 is 9.18 Å². The van der Waals surface area contributed by atoms with Gasteiger partial charge in [-0.3, -0.25) is 4.79 Å². The number of hydrogen-bond donors (Lipinski definition) is 1. The molecule has 1 heterocycles. The van der Waals surface area contributed by atoms with E-state index < -0.39 is 5.82 Å². The van der Waals surface area contributed by atoms with Gasteiger partial charge in [0.15, 0.2) is 0 Å². The summed E-state index contributed by atoms with van der Waals surface area (Å²) in [6.45, 7) is 2.24. The van der Waals surface area contributed by atoms with Gasteiger partial charge in [-0.25, -0.2) is 9.37 Å². The van der Waals surface area contributed by atoms with Crippen LogP contribution in [0, 0.1) is 11.7 Å². The topological polar surface area (TPSA) is 42.0 Å². The SMILES string of the molecule is CC1CCC(CBr)(NC(=O)c2ccc(F)cn2)CC1. The number of nitrogens with one attached hydrogen (secondary N) is 1. The summed E-state index contributed by atoms with van der Waals surface area (Å²) in [7, 11) is 0. The summed E-state index contributed by atoms with van der Waals surface area (Å²) >= 11 is 3.51. The first-order valence-corrected chi connectivity index (χ1v) is 7.67. The molecule has 1 aromatic rings. The minimum Gasteiger partial charge on any atom is -0.344 e. The standard InChI is InChI=1S/C14H18BrFN2O/c1-10-4-6-14(9-15,7-5-10)18-13(19)12-3-2-11(16)8-17-12/h2-3,8,10H,4-7,9H2,1H3,(H,18,19). The van der Waals surface area contributed by atoms with Crippen LogP contribution in [-0.4, -0.2) is 21.8 Å². The molecule has 2 rings (SSSR count). The maximum absolute atomic E-state index is 12.8. The van der Waals surface area contributed by atoms with Crippen molar-refractivity contribution in [1.82, 2.24) is 10.3 Å². The third-order valence-electron chi connectivity index (χ3n) is 3.83. The lowest BCUT2D eigenvalue weighted by molar-refractivity contribution is 0.0869. The fourth-order valence-corrected chi connectivity index (χ4v) is 3.12. The summed E-state index contributed by atoms with van der Waals surface area (Å²) in [6.07, 6.45) is 5.23. The van der Waals surface area contributed by atoms with Gasteiger partial charge in [0.25, 0.3) is 5.91 Å². The van der Waals surface area contributed by atoms with E-state index in [2.05, 4.69) is 33.2 Å². The van der Waals surface area contributed by atoms with Gasteiger partial charge in [0, 0.05) is 5.33 Å². The van der Waals surface area contributed by atoms with Crippen LogP contribution in [-0.2, 0) is 0 Å². The van der Waals surface area contributed by atoms with Crippen molar-refractivity contribution in [2.45, 2.75) is 38.1 Å². The zero-order valence-electron chi connectivity index (χ0n) is 11.0. The van der Waals surface area contributed by atoms with Gasteiger partial charge in [-0.15, -0.1) is 0 Å². The fraction of sp³-hybridized carbons (Fsp3) is 0.571. The van der Waals surface area contributed by atoms with Gasteiger partial charge < -0.3 is 5.32 Å². The number of alkyl halides is 1. The van der Waals surface area contributed by atoms with E-state index in [0.29, 0.717) is 5.92 Å². The Morgan fingerprint density at radius 3 is 2.74 bits per heavy atom. The number of nitrogens with zero attached hydrogens (tertiary/aromatic N) is 1. The van der Waals surface area contributed by atoms with Crippen LogP contribution in [0.25, 0.3) is 0 Å². The van der Waals surface area contributed by atoms with Crippen LogP contribution in [0.4, 0.5) is 4.39 Å². The smallest absolute Gasteiger partial charge is 0.270 e. The highest BCUT2D eigenvalue weighted by Crippen LogP contribution is 2.33. The number of pyridine rings is 1. The van der Waals surface area contributed by atoms with Gasteiger partial charge in [0.2, 0.25) is 0 Å². The third kappa shape index (κ3) is 3.53. The second-order valence-electron chi connectivity index (χ2n) is 5.41. The molecule has 3 nitrogen and oxygen atoms in total. The molecule has 0 saturated heterocycles. The van der Waals surface area contributed by atoms with Crippen LogP contribution >= 0.6 is 15.9 Å². The molecule has 104 valence electrons. The normalized spacial score (nSPS) is 27.0. The lowest BCUT2D eigenvalue weighted by Gasteiger charge is -2.38. The average molecular weight is 329 g/mol. The number of amides is 1. The number of carbonyl (C=O) groups excluding carboxylic acids is 1. The van der Waals surface area contributed by atoms with E-state index >= 15 is 0 Å². The first-order valence-electron chi connectivity index (χ1n) is 6.55. The van der Waals surface area contributed by atoms with Gasteiger partial charge in [-0.05, 0) is 43.7 Å². The van der Waals surface area contributed by atoms with Crippen molar-refractivity contribution in [1.29, 1.82) is 0 Å². The molecule has 19 heavy (non-hydrogen) atoms. The molecule has 1 aromatic heterocycles. The Bertz CT molecular complexity index is 441. The Morgan fingerprint density at radius 2 is 2.21 bits per heavy atom. The summed E-state index contributed by atoms with van der Waals surface area (Å²) < 4.78 is 12.8. The van der Waals surface area contributed by atoms with Gasteiger partial charge in [-0.1, -0.05) is 22.9 Å². The van der Waals surface area contributed by atoms with Gasteiger partial charge in [-0.2, -0.15) is 0 Å². The van der Waals surface area contributed by atoms with E-state index in [4.69, 9.17) is 0 Å². The molecule has 0 radical (unpaired) electrons. The second kappa shape index (κ2) is 5.99. The van der Waals surface area contributed by atoms with E-state index in [0.717, 1.165) is 37.2 Å². The summed E-state index contributed by atoms with van der Waals surface area (Å²) in [5.74, 6) is 0.0558. The molecule has 1 amide bonds. The largest absolute Gasteiger partial charge is 0.344 e. The first-order chi connectivity index (χ1) is 9.04. The van der Waals surface area contributed by atoms with Crippen molar-refractivity contribution in [2.24, 2.45) is 5.92 Å². The molecule has 1 aliphatic carbocycles. The van der Waals surface area contributed by atoms with Crippen LogP contribution < -0.4 is 5.32 Å². The summed E-state index contributed by atoms with van der Waals surface area (Å²) in [5, 5.41) is 3.80. The zero-order valence-corrected chi connectivity index (χ0v) is 12.5. The Kier molecular flexibility index (Phi) is 4.55. The van der Waals surface area contributed by atoms with Crippen LogP contribution in [0.3, 0.4) is 0 Å². The Hall–Kier alpha value is -0.970. The minimum atomic E-state index is -0.432. The molecule has 0 aliphatic heterocycles. The Balaban J connectivity index is 2.06. The van der Waals surface area contributed by atoms with E-state index in [9.17, 15) is 9.18 Å². The van der Waals surface area contributed by atoms with E-state index in [-0.39, 0.29) is 17.1 Å². The molecule has 1 aliphatic rings. The quantitative estimate of drug-likeness (QED) is 0.865. The van der Waals surface area contributed by atoms with E-state index in [1.54, 1.807) is 0 Å². The number of carbonyl (C=O) groups is 1. The predicted molar refractivity (Wildman–Crippen MR) is 75.8 cm³/mol. The lowest BCUT2D eigenvalue weighted by atomic mass is 9.78. The van der Waals surface area contributed by atoms with Crippen molar-refractivity contribution in [2.75, 3.05) is 5.33 Å². The Labute approximate surface area is 121 Å². The van der Waals surface area contributed by atoms with Gasteiger partial charge >= 0.3 is 0 Å². The number of rotatable bonds is 3. The maximum Gasteiger partial charge on any atom is 0.270 e. The predicted octanol–water partition coefficient (Wildman–Crippen LogP) is 3.29. The van der Waals surface area contributed by atoms with Crippen molar-refractivity contribution in [3.05, 3.63) is 29.8 Å². The number of aromatic nitrogens is 1. The van der Waals surface area contributed by atoms with Crippen molar-refractivity contribution >= 4 is 21.8 Å². The summed E-state index contributed by atoms with van der Waals surface area (Å²) in [5.41, 5.74) is 0.0694. The molecule has 0 unspecified atom stereocenters.